The van der Waals surface area contributed by atoms with E-state index in [1.54, 1.807) is 0 Å². The summed E-state index contributed by atoms with van der Waals surface area (Å²) in [4.78, 5) is 0. The van der Waals surface area contributed by atoms with Crippen molar-refractivity contribution in [2.24, 2.45) is 0 Å². The second kappa shape index (κ2) is 7.33. The van der Waals surface area contributed by atoms with Crippen molar-refractivity contribution in [1.29, 1.82) is 0 Å². The fraction of sp³-hybridized carbons (Fsp3) is 0.182. The highest BCUT2D eigenvalue weighted by Crippen LogP contribution is 2.37. The molecule has 0 aromatic heterocycles. The molecule has 0 aliphatic rings. The Bertz CT molecular complexity index is 763. The lowest BCUT2D eigenvalue weighted by Gasteiger charge is -2.25. The first kappa shape index (κ1) is 16.3. The average Bonchev–Trinajstić information content (AvgIpc) is 2.64. The maximum Gasteiger partial charge on any atom is 0.0899 e. The van der Waals surface area contributed by atoms with Crippen LogP contribution in [-0.4, -0.2) is 12.2 Å². The Balaban J connectivity index is 2.02. The molecule has 0 heterocycles. The molecule has 2 atom stereocenters. The van der Waals surface area contributed by atoms with Gasteiger partial charge in [0.1, 0.15) is 0 Å². The summed E-state index contributed by atoms with van der Waals surface area (Å²) < 4.78 is 0. The number of nitrogens with one attached hydrogen (secondary N) is 1. The van der Waals surface area contributed by atoms with E-state index in [9.17, 15) is 5.11 Å². The van der Waals surface area contributed by atoms with Gasteiger partial charge in [-0.3, -0.25) is 0 Å². The summed E-state index contributed by atoms with van der Waals surface area (Å²) in [5.41, 5.74) is 5.42. The molecule has 0 aliphatic heterocycles. The summed E-state index contributed by atoms with van der Waals surface area (Å²) in [6.07, 6.45) is -0.589. The Morgan fingerprint density at radius 3 is 1.83 bits per heavy atom. The van der Waals surface area contributed by atoms with Crippen molar-refractivity contribution in [1.82, 2.24) is 0 Å². The van der Waals surface area contributed by atoms with Gasteiger partial charge in [0.05, 0.1) is 6.10 Å². The molecule has 0 saturated carbocycles. The van der Waals surface area contributed by atoms with Gasteiger partial charge in [-0.1, -0.05) is 72.3 Å². The number of aliphatic hydroxyl groups excluding tert-OH is 1. The third kappa shape index (κ3) is 3.50. The highest BCUT2D eigenvalue weighted by molar-refractivity contribution is 5.47. The molecule has 0 amide bonds. The van der Waals surface area contributed by atoms with Crippen LogP contribution in [0.3, 0.4) is 0 Å². The molecule has 0 bridgehead atoms. The van der Waals surface area contributed by atoms with E-state index >= 15 is 0 Å². The highest BCUT2D eigenvalue weighted by atomic mass is 16.3. The van der Waals surface area contributed by atoms with Gasteiger partial charge in [-0.25, -0.2) is 0 Å². The Morgan fingerprint density at radius 1 is 0.708 bits per heavy atom. The standard InChI is InChI=1S/C22H23NO/c1-16-8-10-19(11-9-16)22(24)21(17-6-4-3-5-7-17)18-12-14-20(23-2)15-13-18/h3-15,21-24H,1-2H3. The molecule has 0 spiro atoms. The minimum Gasteiger partial charge on any atom is -0.388 e. The molecule has 3 aromatic rings. The summed E-state index contributed by atoms with van der Waals surface area (Å²) in [7, 11) is 1.91. The average molecular weight is 317 g/mol. The maximum absolute atomic E-state index is 11.1. The Kier molecular flexibility index (Phi) is 4.97. The van der Waals surface area contributed by atoms with Crippen molar-refractivity contribution in [2.75, 3.05) is 12.4 Å². The van der Waals surface area contributed by atoms with E-state index in [1.165, 1.54) is 5.56 Å². The van der Waals surface area contributed by atoms with Gasteiger partial charge < -0.3 is 10.4 Å². The lowest BCUT2D eigenvalue weighted by Crippen LogP contribution is -2.12. The lowest BCUT2D eigenvalue weighted by atomic mass is 9.83. The lowest BCUT2D eigenvalue weighted by molar-refractivity contribution is 0.159. The summed E-state index contributed by atoms with van der Waals surface area (Å²) in [5, 5.41) is 14.2. The van der Waals surface area contributed by atoms with E-state index in [-0.39, 0.29) is 5.92 Å². The van der Waals surface area contributed by atoms with Gasteiger partial charge >= 0.3 is 0 Å². The molecule has 3 aromatic carbocycles. The van der Waals surface area contributed by atoms with Gasteiger partial charge in [0, 0.05) is 18.7 Å². The van der Waals surface area contributed by atoms with Gasteiger partial charge in [-0.15, -0.1) is 0 Å². The fourth-order valence-corrected chi connectivity index (χ4v) is 3.03. The third-order valence-corrected chi connectivity index (χ3v) is 4.45. The summed E-state index contributed by atoms with van der Waals surface area (Å²) >= 11 is 0. The molecule has 0 radical (unpaired) electrons. The Labute approximate surface area is 143 Å². The van der Waals surface area contributed by atoms with Gasteiger partial charge in [-0.05, 0) is 35.7 Å². The molecule has 122 valence electrons. The van der Waals surface area contributed by atoms with Crippen LogP contribution in [-0.2, 0) is 0 Å². The zero-order valence-electron chi connectivity index (χ0n) is 14.1. The summed E-state index contributed by atoms with van der Waals surface area (Å²) in [6, 6.07) is 26.6. The number of hydrogen-bond acceptors (Lipinski definition) is 2. The van der Waals surface area contributed by atoms with E-state index in [1.807, 2.05) is 61.6 Å². The highest BCUT2D eigenvalue weighted by Gasteiger charge is 2.24. The smallest absolute Gasteiger partial charge is 0.0899 e. The normalized spacial score (nSPS) is 13.3. The van der Waals surface area contributed by atoms with Crippen LogP contribution < -0.4 is 5.32 Å². The molecular weight excluding hydrogens is 294 g/mol. The second-order valence-electron chi connectivity index (χ2n) is 6.12. The summed E-state index contributed by atoms with van der Waals surface area (Å²) in [5.74, 6) is -0.0974. The van der Waals surface area contributed by atoms with Crippen molar-refractivity contribution in [3.05, 3.63) is 101 Å². The van der Waals surface area contributed by atoms with Crippen LogP contribution in [0.25, 0.3) is 0 Å². The first-order valence-corrected chi connectivity index (χ1v) is 8.26. The SMILES string of the molecule is CNc1ccc(C(c2ccccc2)C(O)c2ccc(C)cc2)cc1. The molecule has 2 unspecified atom stereocenters. The molecule has 0 fully saturated rings. The number of rotatable bonds is 5. The van der Waals surface area contributed by atoms with Gasteiger partial charge in [0.25, 0.3) is 0 Å². The molecule has 2 heteroatoms. The largest absolute Gasteiger partial charge is 0.388 e. The molecule has 2 N–H and O–H groups in total. The number of benzene rings is 3. The van der Waals surface area contributed by atoms with E-state index in [2.05, 4.69) is 36.5 Å². The van der Waals surface area contributed by atoms with Crippen LogP contribution in [0.5, 0.6) is 0 Å². The van der Waals surface area contributed by atoms with Crippen molar-refractivity contribution in [2.45, 2.75) is 18.9 Å². The quantitative estimate of drug-likeness (QED) is 0.701. The van der Waals surface area contributed by atoms with Crippen LogP contribution in [0.4, 0.5) is 5.69 Å². The molecule has 2 nitrogen and oxygen atoms in total. The monoisotopic (exact) mass is 317 g/mol. The van der Waals surface area contributed by atoms with Crippen LogP contribution in [0.1, 0.15) is 34.3 Å². The second-order valence-corrected chi connectivity index (χ2v) is 6.12. The first-order valence-electron chi connectivity index (χ1n) is 8.26. The summed E-state index contributed by atoms with van der Waals surface area (Å²) in [6.45, 7) is 2.06. The van der Waals surface area contributed by atoms with Gasteiger partial charge in [0.2, 0.25) is 0 Å². The van der Waals surface area contributed by atoms with Crippen molar-refractivity contribution in [3.8, 4) is 0 Å². The minimum atomic E-state index is -0.589. The topological polar surface area (TPSA) is 32.3 Å². The predicted octanol–water partition coefficient (Wildman–Crippen LogP) is 4.90. The number of anilines is 1. The fourth-order valence-electron chi connectivity index (χ4n) is 3.03. The number of aliphatic hydroxyl groups is 1. The molecule has 24 heavy (non-hydrogen) atoms. The molecule has 0 saturated heterocycles. The van der Waals surface area contributed by atoms with Crippen molar-refractivity contribution >= 4 is 5.69 Å². The van der Waals surface area contributed by atoms with E-state index in [0.717, 1.165) is 22.4 Å². The minimum absolute atomic E-state index is 0.0974. The van der Waals surface area contributed by atoms with Crippen LogP contribution in [0.15, 0.2) is 78.9 Å². The Hall–Kier alpha value is -2.58. The molecular formula is C22H23NO. The zero-order chi connectivity index (χ0) is 16.9. The Morgan fingerprint density at radius 2 is 1.25 bits per heavy atom. The van der Waals surface area contributed by atoms with Crippen LogP contribution >= 0.6 is 0 Å². The van der Waals surface area contributed by atoms with E-state index in [4.69, 9.17) is 0 Å². The van der Waals surface area contributed by atoms with Gasteiger partial charge in [-0.2, -0.15) is 0 Å². The third-order valence-electron chi connectivity index (χ3n) is 4.45. The zero-order valence-corrected chi connectivity index (χ0v) is 14.1. The van der Waals surface area contributed by atoms with E-state index in [0.29, 0.717) is 0 Å². The van der Waals surface area contributed by atoms with Crippen molar-refractivity contribution in [3.63, 3.8) is 0 Å². The van der Waals surface area contributed by atoms with Crippen LogP contribution in [0.2, 0.25) is 0 Å². The molecule has 3 rings (SSSR count). The van der Waals surface area contributed by atoms with Crippen molar-refractivity contribution < 1.29 is 5.11 Å². The first-order chi connectivity index (χ1) is 11.7. The predicted molar refractivity (Wildman–Crippen MR) is 100 cm³/mol. The number of hydrogen-bond donors (Lipinski definition) is 2. The number of aryl methyl sites for hydroxylation is 1. The van der Waals surface area contributed by atoms with E-state index < -0.39 is 6.10 Å². The maximum atomic E-state index is 11.1. The molecule has 0 aliphatic carbocycles. The van der Waals surface area contributed by atoms with Gasteiger partial charge in [0.15, 0.2) is 0 Å². The van der Waals surface area contributed by atoms with Crippen LogP contribution in [0, 0.1) is 6.92 Å².